The molecule has 0 aliphatic heterocycles. The SMILES string of the molecule is CCOc1ccccc1CN(C)CC(=O)Nc1ccccc1Cl. The predicted molar refractivity (Wildman–Crippen MR) is 94.0 cm³/mol. The Morgan fingerprint density at radius 1 is 1.17 bits per heavy atom. The van der Waals surface area contributed by atoms with E-state index in [0.29, 0.717) is 23.9 Å². The van der Waals surface area contributed by atoms with Gasteiger partial charge in [0.1, 0.15) is 5.75 Å². The van der Waals surface area contributed by atoms with Gasteiger partial charge in [-0.05, 0) is 32.2 Å². The number of anilines is 1. The second kappa shape index (κ2) is 8.56. The molecule has 0 fully saturated rings. The van der Waals surface area contributed by atoms with E-state index in [1.54, 1.807) is 12.1 Å². The van der Waals surface area contributed by atoms with E-state index in [2.05, 4.69) is 5.32 Å². The fourth-order valence-corrected chi connectivity index (χ4v) is 2.46. The maximum absolute atomic E-state index is 12.1. The largest absolute Gasteiger partial charge is 0.494 e. The van der Waals surface area contributed by atoms with Gasteiger partial charge in [-0.25, -0.2) is 0 Å². The van der Waals surface area contributed by atoms with Crippen LogP contribution in [0.5, 0.6) is 5.75 Å². The Bertz CT molecular complexity index is 661. The Hall–Kier alpha value is -2.04. The number of halogens is 1. The van der Waals surface area contributed by atoms with Gasteiger partial charge >= 0.3 is 0 Å². The highest BCUT2D eigenvalue weighted by atomic mass is 35.5. The van der Waals surface area contributed by atoms with Crippen LogP contribution >= 0.6 is 11.6 Å². The van der Waals surface area contributed by atoms with Crippen LogP contribution in [0, 0.1) is 0 Å². The number of amides is 1. The lowest BCUT2D eigenvalue weighted by Crippen LogP contribution is -2.30. The van der Waals surface area contributed by atoms with Crippen LogP contribution in [-0.4, -0.2) is 31.0 Å². The third kappa shape index (κ3) is 5.27. The molecule has 23 heavy (non-hydrogen) atoms. The predicted octanol–water partition coefficient (Wildman–Crippen LogP) is 3.81. The Morgan fingerprint density at radius 3 is 2.61 bits per heavy atom. The van der Waals surface area contributed by atoms with Crippen molar-refractivity contribution in [2.45, 2.75) is 13.5 Å². The van der Waals surface area contributed by atoms with E-state index in [1.165, 1.54) is 0 Å². The Morgan fingerprint density at radius 2 is 1.87 bits per heavy atom. The number of rotatable bonds is 7. The summed E-state index contributed by atoms with van der Waals surface area (Å²) < 4.78 is 5.61. The van der Waals surface area contributed by atoms with Gasteiger partial charge in [-0.15, -0.1) is 0 Å². The molecule has 0 aromatic heterocycles. The van der Waals surface area contributed by atoms with Gasteiger partial charge in [0.15, 0.2) is 0 Å². The summed E-state index contributed by atoms with van der Waals surface area (Å²) in [5, 5.41) is 3.36. The monoisotopic (exact) mass is 332 g/mol. The number of hydrogen-bond acceptors (Lipinski definition) is 3. The van der Waals surface area contributed by atoms with E-state index in [1.807, 2.05) is 55.3 Å². The van der Waals surface area contributed by atoms with Crippen LogP contribution in [0.25, 0.3) is 0 Å². The van der Waals surface area contributed by atoms with Crippen LogP contribution in [0.2, 0.25) is 5.02 Å². The van der Waals surface area contributed by atoms with Gasteiger partial charge < -0.3 is 10.1 Å². The summed E-state index contributed by atoms with van der Waals surface area (Å²) in [5.41, 5.74) is 1.68. The topological polar surface area (TPSA) is 41.6 Å². The van der Waals surface area contributed by atoms with Crippen LogP contribution in [0.4, 0.5) is 5.69 Å². The van der Waals surface area contributed by atoms with Crippen molar-refractivity contribution in [2.24, 2.45) is 0 Å². The second-order valence-electron chi connectivity index (χ2n) is 5.24. The van der Waals surface area contributed by atoms with Gasteiger partial charge in [-0.2, -0.15) is 0 Å². The zero-order valence-corrected chi connectivity index (χ0v) is 14.1. The first-order chi connectivity index (χ1) is 11.1. The van der Waals surface area contributed by atoms with Crippen molar-refractivity contribution in [3.63, 3.8) is 0 Å². The van der Waals surface area contributed by atoms with Gasteiger partial charge in [0, 0.05) is 12.1 Å². The molecule has 2 aromatic carbocycles. The summed E-state index contributed by atoms with van der Waals surface area (Å²) in [6.07, 6.45) is 0. The maximum Gasteiger partial charge on any atom is 0.238 e. The molecule has 2 aromatic rings. The Labute approximate surface area is 142 Å². The minimum absolute atomic E-state index is 0.102. The first kappa shape index (κ1) is 17.3. The number of hydrogen-bond donors (Lipinski definition) is 1. The molecule has 0 atom stereocenters. The summed E-state index contributed by atoms with van der Waals surface area (Å²) in [4.78, 5) is 14.1. The van der Waals surface area contributed by atoms with E-state index in [-0.39, 0.29) is 12.5 Å². The molecule has 0 aliphatic carbocycles. The molecule has 0 saturated carbocycles. The molecule has 2 rings (SSSR count). The highest BCUT2D eigenvalue weighted by Crippen LogP contribution is 2.21. The molecule has 122 valence electrons. The van der Waals surface area contributed by atoms with Crippen molar-refractivity contribution >= 4 is 23.2 Å². The first-order valence-electron chi connectivity index (χ1n) is 7.53. The number of ether oxygens (including phenoxy) is 1. The second-order valence-corrected chi connectivity index (χ2v) is 5.65. The van der Waals surface area contributed by atoms with Crippen molar-refractivity contribution in [1.29, 1.82) is 0 Å². The van der Waals surface area contributed by atoms with E-state index < -0.39 is 0 Å². The average molecular weight is 333 g/mol. The minimum Gasteiger partial charge on any atom is -0.494 e. The average Bonchev–Trinajstić information content (AvgIpc) is 2.51. The molecule has 0 aliphatic rings. The minimum atomic E-state index is -0.102. The fraction of sp³-hybridized carbons (Fsp3) is 0.278. The third-order valence-electron chi connectivity index (χ3n) is 3.27. The number of nitrogens with one attached hydrogen (secondary N) is 1. The van der Waals surface area contributed by atoms with E-state index >= 15 is 0 Å². The fourth-order valence-electron chi connectivity index (χ4n) is 2.27. The smallest absolute Gasteiger partial charge is 0.238 e. The third-order valence-corrected chi connectivity index (χ3v) is 3.60. The van der Waals surface area contributed by atoms with Gasteiger partial charge in [-0.1, -0.05) is 41.9 Å². The van der Waals surface area contributed by atoms with E-state index in [9.17, 15) is 4.79 Å². The maximum atomic E-state index is 12.1. The standard InChI is InChI=1S/C18H21ClN2O2/c1-3-23-17-11-7-4-8-14(17)12-21(2)13-18(22)20-16-10-6-5-9-15(16)19/h4-11H,3,12-13H2,1-2H3,(H,20,22). The van der Waals surface area contributed by atoms with Gasteiger partial charge in [0.05, 0.1) is 23.9 Å². The van der Waals surface area contributed by atoms with Crippen molar-refractivity contribution in [1.82, 2.24) is 4.90 Å². The van der Waals surface area contributed by atoms with Gasteiger partial charge in [0.25, 0.3) is 0 Å². The van der Waals surface area contributed by atoms with Crippen LogP contribution in [0.3, 0.4) is 0 Å². The van der Waals surface area contributed by atoms with Gasteiger partial charge in [0.2, 0.25) is 5.91 Å². The summed E-state index contributed by atoms with van der Waals surface area (Å²) in [6.45, 7) is 3.48. The number of para-hydroxylation sites is 2. The first-order valence-corrected chi connectivity index (χ1v) is 7.91. The lowest BCUT2D eigenvalue weighted by molar-refractivity contribution is -0.117. The molecule has 1 N–H and O–H groups in total. The molecule has 0 unspecified atom stereocenters. The molecule has 0 heterocycles. The Balaban J connectivity index is 1.93. The van der Waals surface area contributed by atoms with Crippen molar-refractivity contribution in [3.8, 4) is 5.75 Å². The Kier molecular flexibility index (Phi) is 6.44. The van der Waals surface area contributed by atoms with Crippen LogP contribution in [0.15, 0.2) is 48.5 Å². The zero-order chi connectivity index (χ0) is 16.7. The number of carbonyl (C=O) groups excluding carboxylic acids is 1. The van der Waals surface area contributed by atoms with Crippen LogP contribution in [0.1, 0.15) is 12.5 Å². The summed E-state index contributed by atoms with van der Waals surface area (Å²) >= 11 is 6.05. The molecular formula is C18H21ClN2O2. The molecule has 5 heteroatoms. The number of carbonyl (C=O) groups is 1. The molecule has 0 radical (unpaired) electrons. The molecule has 4 nitrogen and oxygen atoms in total. The zero-order valence-electron chi connectivity index (χ0n) is 13.4. The quantitative estimate of drug-likeness (QED) is 0.838. The number of nitrogens with zero attached hydrogens (tertiary/aromatic N) is 1. The highest BCUT2D eigenvalue weighted by Gasteiger charge is 2.11. The summed E-state index contributed by atoms with van der Waals surface area (Å²) in [6, 6.07) is 15.1. The van der Waals surface area contributed by atoms with Gasteiger partial charge in [-0.3, -0.25) is 9.69 Å². The van der Waals surface area contributed by atoms with Crippen molar-refractivity contribution in [2.75, 3.05) is 25.5 Å². The highest BCUT2D eigenvalue weighted by molar-refractivity contribution is 6.33. The van der Waals surface area contributed by atoms with Crippen LogP contribution in [-0.2, 0) is 11.3 Å². The van der Waals surface area contributed by atoms with E-state index in [4.69, 9.17) is 16.3 Å². The lowest BCUT2D eigenvalue weighted by Gasteiger charge is -2.18. The molecular weight excluding hydrogens is 312 g/mol. The molecule has 0 spiro atoms. The molecule has 1 amide bonds. The number of likely N-dealkylation sites (N-methyl/N-ethyl adjacent to an activating group) is 1. The lowest BCUT2D eigenvalue weighted by atomic mass is 10.2. The molecule has 0 saturated heterocycles. The van der Waals surface area contributed by atoms with E-state index in [0.717, 1.165) is 11.3 Å². The summed E-state index contributed by atoms with van der Waals surface area (Å²) in [5.74, 6) is 0.753. The summed E-state index contributed by atoms with van der Waals surface area (Å²) in [7, 11) is 1.90. The molecule has 0 bridgehead atoms. The van der Waals surface area contributed by atoms with Crippen molar-refractivity contribution in [3.05, 3.63) is 59.1 Å². The number of benzene rings is 2. The van der Waals surface area contributed by atoms with Crippen LogP contribution < -0.4 is 10.1 Å². The normalized spacial score (nSPS) is 10.6. The van der Waals surface area contributed by atoms with Crippen molar-refractivity contribution < 1.29 is 9.53 Å².